The maximum atomic E-state index is 14.9. The molecular weight excluding hydrogens is 646 g/mol. The Morgan fingerprint density at radius 1 is 0.863 bits per heavy atom. The Bertz CT molecular complexity index is 1390. The number of piperazine rings is 1. The number of nitrogens with zero attached hydrogens (tertiary/aromatic N) is 2. The van der Waals surface area contributed by atoms with Crippen molar-refractivity contribution in [1.82, 2.24) is 31.1 Å². The van der Waals surface area contributed by atoms with Gasteiger partial charge in [0.2, 0.25) is 17.6 Å². The van der Waals surface area contributed by atoms with Crippen LogP contribution in [0, 0.1) is 33.0 Å². The number of hydrogen-bond acceptors (Lipinski definition) is 7. The van der Waals surface area contributed by atoms with Crippen molar-refractivity contribution in [2.45, 2.75) is 150 Å². The van der Waals surface area contributed by atoms with Gasteiger partial charge in [-0.3, -0.25) is 24.1 Å². The molecule has 5 amide bonds. The zero-order valence-corrected chi connectivity index (χ0v) is 33.1. The first-order chi connectivity index (χ1) is 23.4. The van der Waals surface area contributed by atoms with Gasteiger partial charge in [0.1, 0.15) is 12.1 Å². The molecule has 5 aliphatic rings. The van der Waals surface area contributed by atoms with E-state index in [0.29, 0.717) is 25.9 Å². The van der Waals surface area contributed by atoms with Crippen LogP contribution in [0.1, 0.15) is 121 Å². The molecule has 0 bridgehead atoms. The summed E-state index contributed by atoms with van der Waals surface area (Å²) in [5.74, 6) is -2.36. The van der Waals surface area contributed by atoms with E-state index in [1.807, 2.05) is 20.8 Å². The van der Waals surface area contributed by atoms with Crippen molar-refractivity contribution in [3.63, 3.8) is 0 Å². The SMILES string of the molecule is CC1(C)CN(C[C@@H](NC(=O)N[C@H](C(=O)N2C[C@]3(C[C@H]2C(=O)NC(CC2CCC2)C(=O)C(N)=O)C(C)(C)C32CCC2)C(C)(C)C)C(C)(C)C)CCN1. The summed E-state index contributed by atoms with van der Waals surface area (Å²) in [4.78, 5) is 72.1. The average molecular weight is 714 g/mol. The predicted octanol–water partition coefficient (Wildman–Crippen LogP) is 3.33. The molecule has 0 aromatic carbocycles. The van der Waals surface area contributed by atoms with Crippen LogP contribution in [0.4, 0.5) is 4.79 Å². The van der Waals surface area contributed by atoms with E-state index < -0.39 is 47.2 Å². The molecule has 3 saturated carbocycles. The van der Waals surface area contributed by atoms with Gasteiger partial charge in [-0.15, -0.1) is 0 Å². The van der Waals surface area contributed by atoms with Crippen LogP contribution < -0.4 is 27.0 Å². The molecule has 51 heavy (non-hydrogen) atoms. The number of urea groups is 1. The molecule has 12 heteroatoms. The van der Waals surface area contributed by atoms with Gasteiger partial charge >= 0.3 is 6.03 Å². The van der Waals surface area contributed by atoms with E-state index in [1.54, 1.807) is 4.90 Å². The monoisotopic (exact) mass is 714 g/mol. The highest BCUT2D eigenvalue weighted by Gasteiger charge is 2.85. The Hall–Kier alpha value is -2.73. The zero-order chi connectivity index (χ0) is 37.9. The van der Waals surface area contributed by atoms with Crippen LogP contribution in [0.15, 0.2) is 0 Å². The summed E-state index contributed by atoms with van der Waals surface area (Å²) in [6.07, 6.45) is 7.02. The lowest BCUT2D eigenvalue weighted by molar-refractivity contribution is -0.143. The Kier molecular flexibility index (Phi) is 10.5. The second-order valence-electron chi connectivity index (χ2n) is 20.0. The van der Waals surface area contributed by atoms with Gasteiger partial charge in [-0.25, -0.2) is 4.79 Å². The van der Waals surface area contributed by atoms with Crippen LogP contribution in [-0.2, 0) is 19.2 Å². The van der Waals surface area contributed by atoms with Crippen LogP contribution in [0.2, 0.25) is 0 Å². The fourth-order valence-electron chi connectivity index (χ4n) is 10.1. The van der Waals surface area contributed by atoms with Crippen molar-refractivity contribution in [2.24, 2.45) is 38.7 Å². The smallest absolute Gasteiger partial charge is 0.315 e. The van der Waals surface area contributed by atoms with Crippen molar-refractivity contribution in [1.29, 1.82) is 0 Å². The fourth-order valence-corrected chi connectivity index (χ4v) is 10.1. The third-order valence-electron chi connectivity index (χ3n) is 13.9. The van der Waals surface area contributed by atoms with Gasteiger partial charge in [0.15, 0.2) is 0 Å². The standard InChI is InChI=1S/C39H67N7O5/c1-34(2,3)27(21-45-18-17-41-36(7,8)22-45)43-33(51)44-29(35(4,5)6)32(50)46-23-39(37(9,10)38(39)15-12-16-38)20-26(46)31(49)42-25(28(47)30(40)48)19-24-13-11-14-24/h24-27,29,41H,11-23H2,1-10H3,(H2,40,48)(H,42,49)(H2,43,44,51)/t25?,26-,27+,29+,39+/m0/s1. The Morgan fingerprint density at radius 3 is 1.98 bits per heavy atom. The fraction of sp³-hybridized carbons (Fsp3) is 0.872. The normalized spacial score (nSPS) is 28.6. The van der Waals surface area contributed by atoms with E-state index in [1.165, 1.54) is 0 Å². The summed E-state index contributed by atoms with van der Waals surface area (Å²) in [5.41, 5.74) is 4.23. The summed E-state index contributed by atoms with van der Waals surface area (Å²) in [6, 6.07) is -3.37. The molecule has 2 saturated heterocycles. The number of ketones is 1. The minimum absolute atomic E-state index is 0.0266. The van der Waals surface area contributed by atoms with Gasteiger partial charge in [0, 0.05) is 49.7 Å². The Morgan fingerprint density at radius 2 is 1.51 bits per heavy atom. The van der Waals surface area contributed by atoms with Crippen molar-refractivity contribution in [3.8, 4) is 0 Å². The highest BCUT2D eigenvalue weighted by atomic mass is 16.2. The number of likely N-dealkylation sites (tertiary alicyclic amines) is 1. The van der Waals surface area contributed by atoms with Crippen LogP contribution in [0.3, 0.4) is 0 Å². The van der Waals surface area contributed by atoms with Crippen molar-refractivity contribution < 1.29 is 24.0 Å². The van der Waals surface area contributed by atoms with Crippen LogP contribution in [0.5, 0.6) is 0 Å². The molecule has 288 valence electrons. The topological polar surface area (TPSA) is 166 Å². The highest BCUT2D eigenvalue weighted by Crippen LogP contribution is 2.88. The first kappa shape index (κ1) is 39.5. The van der Waals surface area contributed by atoms with Gasteiger partial charge in [-0.05, 0) is 67.1 Å². The van der Waals surface area contributed by atoms with Gasteiger partial charge in [0.05, 0.1) is 6.04 Å². The van der Waals surface area contributed by atoms with Gasteiger partial charge < -0.3 is 31.9 Å². The largest absolute Gasteiger partial charge is 0.363 e. The first-order valence-electron chi connectivity index (χ1n) is 19.4. The molecule has 5 rings (SSSR count). The highest BCUT2D eigenvalue weighted by molar-refractivity contribution is 6.37. The van der Waals surface area contributed by atoms with Crippen molar-refractivity contribution in [3.05, 3.63) is 0 Å². The molecule has 2 heterocycles. The molecule has 5 fully saturated rings. The third-order valence-corrected chi connectivity index (χ3v) is 13.9. The van der Waals surface area contributed by atoms with Crippen molar-refractivity contribution >= 4 is 29.5 Å². The number of carbonyl (C=O) groups excluding carboxylic acids is 5. The summed E-state index contributed by atoms with van der Waals surface area (Å²) in [6.45, 7) is 24.7. The minimum Gasteiger partial charge on any atom is -0.363 e. The lowest BCUT2D eigenvalue weighted by Gasteiger charge is -2.43. The molecule has 12 nitrogen and oxygen atoms in total. The van der Waals surface area contributed by atoms with Gasteiger partial charge in [0.25, 0.3) is 5.91 Å². The molecule has 6 N–H and O–H groups in total. The van der Waals surface area contributed by atoms with Crippen LogP contribution >= 0.6 is 0 Å². The second-order valence-corrected chi connectivity index (χ2v) is 20.0. The molecule has 5 atom stereocenters. The second kappa shape index (κ2) is 13.6. The quantitative estimate of drug-likeness (QED) is 0.205. The first-order valence-corrected chi connectivity index (χ1v) is 19.4. The third kappa shape index (κ3) is 7.42. The number of rotatable bonds is 11. The molecular formula is C39H67N7O5. The van der Waals surface area contributed by atoms with Gasteiger partial charge in [-0.2, -0.15) is 0 Å². The average Bonchev–Trinajstić information content (AvgIpc) is 3.18. The number of hydrogen-bond donors (Lipinski definition) is 5. The predicted molar refractivity (Wildman–Crippen MR) is 197 cm³/mol. The van der Waals surface area contributed by atoms with E-state index in [9.17, 15) is 24.0 Å². The van der Waals surface area contributed by atoms with Crippen LogP contribution in [-0.4, -0.2) is 102 Å². The summed E-state index contributed by atoms with van der Waals surface area (Å²) in [7, 11) is 0. The number of amides is 5. The number of primary amides is 1. The Labute approximate surface area is 305 Å². The molecule has 2 aliphatic heterocycles. The van der Waals surface area contributed by atoms with Crippen molar-refractivity contribution in [2.75, 3.05) is 32.7 Å². The summed E-state index contributed by atoms with van der Waals surface area (Å²) in [5, 5.41) is 12.7. The number of nitrogens with one attached hydrogen (secondary N) is 4. The lowest BCUT2D eigenvalue weighted by atomic mass is 9.73. The molecule has 0 aromatic heterocycles. The molecule has 0 aromatic rings. The number of carbonyl (C=O) groups is 5. The Balaban J connectivity index is 1.38. The molecule has 2 spiro atoms. The van der Waals surface area contributed by atoms with E-state index in [-0.39, 0.29) is 45.1 Å². The number of Topliss-reactive ketones (excluding diaryl/α,β-unsaturated/α-hetero) is 1. The minimum atomic E-state index is -1.07. The number of fused-ring (bicyclic) bond motifs is 1. The number of nitrogens with two attached hydrogens (primary N) is 1. The molecule has 1 unspecified atom stereocenters. The maximum Gasteiger partial charge on any atom is 0.315 e. The molecule has 0 radical (unpaired) electrons. The summed E-state index contributed by atoms with van der Waals surface area (Å²) >= 11 is 0. The van der Waals surface area contributed by atoms with E-state index in [0.717, 1.165) is 58.2 Å². The van der Waals surface area contributed by atoms with Gasteiger partial charge in [-0.1, -0.05) is 81.1 Å². The molecule has 3 aliphatic carbocycles. The van der Waals surface area contributed by atoms with Crippen LogP contribution in [0.25, 0.3) is 0 Å². The van der Waals surface area contributed by atoms with E-state index in [2.05, 4.69) is 74.6 Å². The lowest BCUT2D eigenvalue weighted by Crippen LogP contribution is -2.63. The maximum absolute atomic E-state index is 14.9. The zero-order valence-electron chi connectivity index (χ0n) is 33.1. The summed E-state index contributed by atoms with van der Waals surface area (Å²) < 4.78 is 0. The van der Waals surface area contributed by atoms with E-state index >= 15 is 0 Å². The van der Waals surface area contributed by atoms with E-state index in [4.69, 9.17) is 5.73 Å².